The van der Waals surface area contributed by atoms with Crippen molar-refractivity contribution in [2.24, 2.45) is 0 Å². The van der Waals surface area contributed by atoms with Crippen LogP contribution in [0.3, 0.4) is 0 Å². The summed E-state index contributed by atoms with van der Waals surface area (Å²) in [4.78, 5) is 18.9. The van der Waals surface area contributed by atoms with Crippen LogP contribution in [0.2, 0.25) is 5.15 Å². The van der Waals surface area contributed by atoms with Crippen molar-refractivity contribution >= 4 is 34.7 Å². The Balaban J connectivity index is 2.02. The van der Waals surface area contributed by atoms with E-state index >= 15 is 0 Å². The van der Waals surface area contributed by atoms with Crippen LogP contribution in [-0.4, -0.2) is 29.4 Å². The van der Waals surface area contributed by atoms with E-state index in [0.717, 1.165) is 6.42 Å². The van der Waals surface area contributed by atoms with Crippen molar-refractivity contribution in [2.75, 3.05) is 19.3 Å². The molecule has 0 spiro atoms. The molecule has 2 rings (SSSR count). The summed E-state index contributed by atoms with van der Waals surface area (Å²) in [6.07, 6.45) is 0.841. The van der Waals surface area contributed by atoms with E-state index in [9.17, 15) is 4.79 Å². The van der Waals surface area contributed by atoms with Gasteiger partial charge in [-0.2, -0.15) is 0 Å². The average Bonchev–Trinajstić information content (AvgIpc) is 2.87. The van der Waals surface area contributed by atoms with Crippen molar-refractivity contribution in [1.82, 2.24) is 9.88 Å². The second-order valence-electron chi connectivity index (χ2n) is 4.16. The number of carbonyl (C=O) groups excluding carboxylic acids is 1. The largest absolute Gasteiger partial charge is 0.384 e. The van der Waals surface area contributed by atoms with Crippen LogP contribution >= 0.6 is 22.9 Å². The highest BCUT2D eigenvalue weighted by Gasteiger charge is 2.13. The first-order valence-corrected chi connectivity index (χ1v) is 7.03. The molecule has 0 saturated carbocycles. The monoisotopic (exact) mass is 295 g/mol. The topological polar surface area (TPSA) is 59.2 Å². The molecule has 0 radical (unpaired) electrons. The summed E-state index contributed by atoms with van der Waals surface area (Å²) in [5.41, 5.74) is 6.05. The van der Waals surface area contributed by atoms with Gasteiger partial charge in [-0.25, -0.2) is 4.98 Å². The number of likely N-dealkylation sites (N-methyl/N-ethyl adjacent to an activating group) is 1. The minimum absolute atomic E-state index is 0.104. The fourth-order valence-electron chi connectivity index (χ4n) is 1.70. The summed E-state index contributed by atoms with van der Waals surface area (Å²) in [6.45, 7) is 0.652. The maximum Gasteiger partial charge on any atom is 0.253 e. The Morgan fingerprint density at radius 2 is 2.32 bits per heavy atom. The van der Waals surface area contributed by atoms with Crippen LogP contribution in [-0.2, 0) is 6.42 Å². The summed E-state index contributed by atoms with van der Waals surface area (Å²) in [5.74, 6) is 0.148. The van der Waals surface area contributed by atoms with E-state index in [1.165, 1.54) is 17.0 Å². The lowest BCUT2D eigenvalue weighted by Gasteiger charge is -2.17. The molecule has 4 nitrogen and oxygen atoms in total. The molecule has 2 aromatic heterocycles. The van der Waals surface area contributed by atoms with Gasteiger partial charge in [-0.05, 0) is 30.0 Å². The molecule has 0 saturated heterocycles. The lowest BCUT2D eigenvalue weighted by molar-refractivity contribution is 0.0797. The van der Waals surface area contributed by atoms with Crippen LogP contribution in [0.1, 0.15) is 15.2 Å². The highest BCUT2D eigenvalue weighted by molar-refractivity contribution is 7.09. The summed E-state index contributed by atoms with van der Waals surface area (Å²) >= 11 is 7.49. The highest BCUT2D eigenvalue weighted by Crippen LogP contribution is 2.15. The quantitative estimate of drug-likeness (QED) is 0.882. The SMILES string of the molecule is CN(CCc1cccs1)C(=O)c1cc(N)nc(Cl)c1. The predicted octanol–water partition coefficient (Wildman–Crippen LogP) is 2.69. The lowest BCUT2D eigenvalue weighted by atomic mass is 10.2. The first-order chi connectivity index (χ1) is 9.06. The summed E-state index contributed by atoms with van der Waals surface area (Å²) < 4.78 is 0. The number of thiophene rings is 1. The second-order valence-corrected chi connectivity index (χ2v) is 5.58. The molecule has 0 aliphatic heterocycles. The number of aromatic nitrogens is 1. The van der Waals surface area contributed by atoms with Crippen LogP contribution in [0.15, 0.2) is 29.6 Å². The highest BCUT2D eigenvalue weighted by atomic mass is 35.5. The number of nitrogens with zero attached hydrogens (tertiary/aromatic N) is 2. The van der Waals surface area contributed by atoms with Crippen LogP contribution in [0.4, 0.5) is 5.82 Å². The number of halogens is 1. The Labute approximate surface area is 120 Å². The molecule has 100 valence electrons. The molecule has 2 aromatic rings. The molecule has 0 bridgehead atoms. The smallest absolute Gasteiger partial charge is 0.253 e. The van der Waals surface area contributed by atoms with Crippen LogP contribution in [0, 0.1) is 0 Å². The molecule has 0 aliphatic carbocycles. The number of nitrogen functional groups attached to an aromatic ring is 1. The fourth-order valence-corrected chi connectivity index (χ4v) is 2.61. The number of anilines is 1. The summed E-state index contributed by atoms with van der Waals surface area (Å²) in [6, 6.07) is 7.13. The molecule has 0 atom stereocenters. The van der Waals surface area contributed by atoms with Crippen molar-refractivity contribution < 1.29 is 4.79 Å². The molecular formula is C13H14ClN3OS. The molecule has 2 heterocycles. The number of pyridine rings is 1. The zero-order chi connectivity index (χ0) is 13.8. The normalized spacial score (nSPS) is 10.4. The third-order valence-electron chi connectivity index (χ3n) is 2.68. The molecule has 19 heavy (non-hydrogen) atoms. The maximum atomic E-state index is 12.2. The molecular weight excluding hydrogens is 282 g/mol. The van der Waals surface area contributed by atoms with E-state index in [1.54, 1.807) is 23.3 Å². The molecule has 1 amide bonds. The Morgan fingerprint density at radius 1 is 1.53 bits per heavy atom. The second kappa shape index (κ2) is 6.04. The van der Waals surface area contributed by atoms with Gasteiger partial charge in [0.1, 0.15) is 11.0 Å². The molecule has 0 aliphatic rings. The van der Waals surface area contributed by atoms with Crippen LogP contribution in [0.25, 0.3) is 0 Å². The Kier molecular flexibility index (Phi) is 4.39. The number of carbonyl (C=O) groups is 1. The van der Waals surface area contributed by atoms with Crippen LogP contribution in [0.5, 0.6) is 0 Å². The average molecular weight is 296 g/mol. The lowest BCUT2D eigenvalue weighted by Crippen LogP contribution is -2.28. The minimum Gasteiger partial charge on any atom is -0.384 e. The summed E-state index contributed by atoms with van der Waals surface area (Å²) in [5, 5.41) is 2.26. The van der Waals surface area contributed by atoms with Gasteiger partial charge in [0.05, 0.1) is 0 Å². The van der Waals surface area contributed by atoms with Crippen molar-refractivity contribution in [3.05, 3.63) is 45.2 Å². The van der Waals surface area contributed by atoms with Gasteiger partial charge < -0.3 is 10.6 Å². The number of hydrogen-bond donors (Lipinski definition) is 1. The fraction of sp³-hybridized carbons (Fsp3) is 0.231. The molecule has 2 N–H and O–H groups in total. The Morgan fingerprint density at radius 3 is 2.95 bits per heavy atom. The van der Waals surface area contributed by atoms with Crippen molar-refractivity contribution in [2.45, 2.75) is 6.42 Å². The van der Waals surface area contributed by atoms with Gasteiger partial charge in [-0.15, -0.1) is 11.3 Å². The molecule has 0 fully saturated rings. The third-order valence-corrected chi connectivity index (χ3v) is 3.81. The zero-order valence-corrected chi connectivity index (χ0v) is 12.0. The standard InChI is InChI=1S/C13H14ClN3OS/c1-17(5-4-10-3-2-6-19-10)13(18)9-7-11(14)16-12(15)8-9/h2-3,6-8H,4-5H2,1H3,(H2,15,16). The van der Waals surface area contributed by atoms with Gasteiger partial charge in [0.25, 0.3) is 5.91 Å². The van der Waals surface area contributed by atoms with Gasteiger partial charge in [0, 0.05) is 24.0 Å². The van der Waals surface area contributed by atoms with Gasteiger partial charge in [-0.3, -0.25) is 4.79 Å². The minimum atomic E-state index is -0.104. The van der Waals surface area contributed by atoms with Gasteiger partial charge in [0.15, 0.2) is 0 Å². The number of amides is 1. The zero-order valence-electron chi connectivity index (χ0n) is 10.5. The number of hydrogen-bond acceptors (Lipinski definition) is 4. The first kappa shape index (κ1) is 13.8. The first-order valence-electron chi connectivity index (χ1n) is 5.77. The van der Waals surface area contributed by atoms with E-state index in [4.69, 9.17) is 17.3 Å². The number of nitrogens with two attached hydrogens (primary N) is 1. The molecule has 6 heteroatoms. The van der Waals surface area contributed by atoms with E-state index < -0.39 is 0 Å². The molecule has 0 unspecified atom stereocenters. The van der Waals surface area contributed by atoms with Crippen molar-refractivity contribution in [3.63, 3.8) is 0 Å². The third kappa shape index (κ3) is 3.68. The summed E-state index contributed by atoms with van der Waals surface area (Å²) in [7, 11) is 1.76. The van der Waals surface area contributed by atoms with E-state index in [0.29, 0.717) is 12.1 Å². The van der Waals surface area contributed by atoms with E-state index in [2.05, 4.69) is 11.1 Å². The van der Waals surface area contributed by atoms with E-state index in [-0.39, 0.29) is 16.9 Å². The maximum absolute atomic E-state index is 12.2. The Bertz CT molecular complexity index is 551. The molecule has 0 aromatic carbocycles. The van der Waals surface area contributed by atoms with Crippen molar-refractivity contribution in [3.8, 4) is 0 Å². The van der Waals surface area contributed by atoms with Gasteiger partial charge in [-0.1, -0.05) is 17.7 Å². The van der Waals surface area contributed by atoms with Crippen molar-refractivity contribution in [1.29, 1.82) is 0 Å². The number of rotatable bonds is 4. The van der Waals surface area contributed by atoms with Crippen LogP contribution < -0.4 is 5.73 Å². The van der Waals surface area contributed by atoms with E-state index in [1.807, 2.05) is 11.4 Å². The predicted molar refractivity (Wildman–Crippen MR) is 78.6 cm³/mol. The Hall–Kier alpha value is -1.59. The van der Waals surface area contributed by atoms with Gasteiger partial charge in [0.2, 0.25) is 0 Å². The van der Waals surface area contributed by atoms with Gasteiger partial charge >= 0.3 is 0 Å².